The molecule has 0 bridgehead atoms. The fourth-order valence-electron chi connectivity index (χ4n) is 2.06. The first-order valence-electron chi connectivity index (χ1n) is 5.44. The van der Waals surface area contributed by atoms with Crippen LogP contribution >= 0.6 is 11.6 Å². The molecule has 1 aliphatic rings. The molecule has 0 amide bonds. The van der Waals surface area contributed by atoms with E-state index >= 15 is 0 Å². The molecule has 90 valence electrons. The van der Waals surface area contributed by atoms with Gasteiger partial charge in [0.15, 0.2) is 4.87 Å². The van der Waals surface area contributed by atoms with Gasteiger partial charge in [0.1, 0.15) is 5.78 Å². The van der Waals surface area contributed by atoms with E-state index < -0.39 is 16.8 Å². The van der Waals surface area contributed by atoms with Crippen LogP contribution in [0.2, 0.25) is 0 Å². The van der Waals surface area contributed by atoms with Crippen LogP contribution in [-0.2, 0) is 14.3 Å². The number of ether oxygens (including phenoxy) is 1. The third-order valence-corrected chi connectivity index (χ3v) is 3.45. The normalized spacial score (nSPS) is 29.5. The van der Waals surface area contributed by atoms with E-state index in [2.05, 4.69) is 0 Å². The third-order valence-electron chi connectivity index (χ3n) is 2.90. The lowest BCUT2D eigenvalue weighted by atomic mass is 9.77. The van der Waals surface area contributed by atoms with E-state index in [-0.39, 0.29) is 12.4 Å². The molecule has 0 aromatic rings. The highest BCUT2D eigenvalue weighted by atomic mass is 35.5. The minimum atomic E-state index is -1.21. The molecule has 3 nitrogen and oxygen atoms in total. The molecular formula is C12H17ClO3. The Hall–Kier alpha value is -0.830. The highest BCUT2D eigenvalue weighted by molar-refractivity contribution is 6.36. The monoisotopic (exact) mass is 244 g/mol. The van der Waals surface area contributed by atoms with Crippen LogP contribution in [0.5, 0.6) is 0 Å². The number of alkyl halides is 1. The highest BCUT2D eigenvalue weighted by Crippen LogP contribution is 2.40. The van der Waals surface area contributed by atoms with Crippen LogP contribution < -0.4 is 0 Å². The largest absolute Gasteiger partial charge is 0.465 e. The lowest BCUT2D eigenvalue weighted by Crippen LogP contribution is -2.46. The minimum Gasteiger partial charge on any atom is -0.465 e. The molecule has 0 aliphatic heterocycles. The van der Waals surface area contributed by atoms with E-state index in [9.17, 15) is 9.59 Å². The maximum absolute atomic E-state index is 11.8. The molecule has 0 fully saturated rings. The number of Topliss-reactive ketones (excluding diaryl/α,β-unsaturated/α-hetero) is 1. The van der Waals surface area contributed by atoms with Crippen LogP contribution in [0, 0.1) is 5.92 Å². The van der Waals surface area contributed by atoms with Crippen molar-refractivity contribution in [2.24, 2.45) is 5.92 Å². The average Bonchev–Trinajstić information content (AvgIpc) is 2.17. The molecule has 16 heavy (non-hydrogen) atoms. The summed E-state index contributed by atoms with van der Waals surface area (Å²) in [6.07, 6.45) is 2.87. The summed E-state index contributed by atoms with van der Waals surface area (Å²) < 4.78 is 4.96. The SMILES string of the molecule is CCOC(=O)C1(Cl)CC(C)=CCC1C(C)=O. The van der Waals surface area contributed by atoms with Gasteiger partial charge in [-0.25, -0.2) is 0 Å². The summed E-state index contributed by atoms with van der Waals surface area (Å²) in [7, 11) is 0. The predicted molar refractivity (Wildman–Crippen MR) is 62.4 cm³/mol. The molecular weight excluding hydrogens is 228 g/mol. The summed E-state index contributed by atoms with van der Waals surface area (Å²) >= 11 is 6.32. The number of hydrogen-bond donors (Lipinski definition) is 0. The quantitative estimate of drug-likeness (QED) is 0.435. The van der Waals surface area contributed by atoms with Gasteiger partial charge in [-0.1, -0.05) is 11.6 Å². The number of rotatable bonds is 3. The number of halogens is 1. The molecule has 0 saturated heterocycles. The van der Waals surface area contributed by atoms with Gasteiger partial charge in [0.2, 0.25) is 0 Å². The Morgan fingerprint density at radius 2 is 2.25 bits per heavy atom. The summed E-state index contributed by atoms with van der Waals surface area (Å²) in [5, 5.41) is 0. The van der Waals surface area contributed by atoms with Gasteiger partial charge >= 0.3 is 5.97 Å². The van der Waals surface area contributed by atoms with Crippen molar-refractivity contribution in [2.75, 3.05) is 6.61 Å². The molecule has 0 aromatic carbocycles. The maximum Gasteiger partial charge on any atom is 0.328 e. The summed E-state index contributed by atoms with van der Waals surface area (Å²) in [6, 6.07) is 0. The molecule has 0 radical (unpaired) electrons. The van der Waals surface area contributed by atoms with Crippen LogP contribution in [0.4, 0.5) is 0 Å². The molecule has 0 spiro atoms. The van der Waals surface area contributed by atoms with Crippen LogP contribution in [0.25, 0.3) is 0 Å². The summed E-state index contributed by atoms with van der Waals surface area (Å²) in [5.41, 5.74) is 1.03. The minimum absolute atomic E-state index is 0.0631. The van der Waals surface area contributed by atoms with Gasteiger partial charge in [-0.3, -0.25) is 9.59 Å². The first kappa shape index (κ1) is 13.2. The van der Waals surface area contributed by atoms with E-state index in [0.29, 0.717) is 12.8 Å². The highest BCUT2D eigenvalue weighted by Gasteiger charge is 2.48. The second kappa shape index (κ2) is 5.00. The molecule has 2 unspecified atom stereocenters. The predicted octanol–water partition coefficient (Wildman–Crippen LogP) is 2.47. The van der Waals surface area contributed by atoms with E-state index in [0.717, 1.165) is 5.57 Å². The van der Waals surface area contributed by atoms with Gasteiger partial charge in [0.05, 0.1) is 12.5 Å². The van der Waals surface area contributed by atoms with Crippen molar-refractivity contribution in [3.05, 3.63) is 11.6 Å². The molecule has 4 heteroatoms. The standard InChI is InChI=1S/C12H17ClO3/c1-4-16-11(15)12(13)7-8(2)5-6-10(12)9(3)14/h5,10H,4,6-7H2,1-3H3. The Kier molecular flexibility index (Phi) is 4.14. The zero-order valence-corrected chi connectivity index (χ0v) is 10.6. The number of esters is 1. The number of carbonyl (C=O) groups excluding carboxylic acids is 2. The fourth-order valence-corrected chi connectivity index (χ4v) is 2.57. The van der Waals surface area contributed by atoms with Crippen molar-refractivity contribution in [3.63, 3.8) is 0 Å². The van der Waals surface area contributed by atoms with Gasteiger partial charge in [-0.15, -0.1) is 11.6 Å². The van der Waals surface area contributed by atoms with Crippen molar-refractivity contribution in [3.8, 4) is 0 Å². The van der Waals surface area contributed by atoms with Crippen molar-refractivity contribution in [1.82, 2.24) is 0 Å². The first-order valence-corrected chi connectivity index (χ1v) is 5.81. The Bertz CT molecular complexity index is 335. The topological polar surface area (TPSA) is 43.4 Å². The van der Waals surface area contributed by atoms with Crippen LogP contribution in [0.3, 0.4) is 0 Å². The van der Waals surface area contributed by atoms with Crippen LogP contribution in [0.1, 0.15) is 33.6 Å². The van der Waals surface area contributed by atoms with Crippen molar-refractivity contribution in [2.45, 2.75) is 38.5 Å². The Labute approximate surface area is 101 Å². The lowest BCUT2D eigenvalue weighted by Gasteiger charge is -2.34. The summed E-state index contributed by atoms with van der Waals surface area (Å²) in [4.78, 5) is 22.1. The van der Waals surface area contributed by atoms with Gasteiger partial charge in [0.25, 0.3) is 0 Å². The van der Waals surface area contributed by atoms with E-state index in [1.807, 2.05) is 13.0 Å². The average molecular weight is 245 g/mol. The summed E-state index contributed by atoms with van der Waals surface area (Å²) in [5.74, 6) is -1.02. The van der Waals surface area contributed by atoms with Crippen molar-refractivity contribution >= 4 is 23.4 Å². The summed E-state index contributed by atoms with van der Waals surface area (Å²) in [6.45, 7) is 5.38. The van der Waals surface area contributed by atoms with Crippen LogP contribution in [-0.4, -0.2) is 23.2 Å². The molecule has 2 atom stereocenters. The van der Waals surface area contributed by atoms with Crippen LogP contribution in [0.15, 0.2) is 11.6 Å². The first-order chi connectivity index (χ1) is 7.41. The van der Waals surface area contributed by atoms with Gasteiger partial charge in [0, 0.05) is 0 Å². The van der Waals surface area contributed by atoms with E-state index in [1.54, 1.807) is 6.92 Å². The smallest absolute Gasteiger partial charge is 0.328 e. The zero-order chi connectivity index (χ0) is 12.3. The maximum atomic E-state index is 11.8. The van der Waals surface area contributed by atoms with Gasteiger partial charge in [-0.2, -0.15) is 0 Å². The number of allylic oxidation sites excluding steroid dienone is 2. The number of ketones is 1. The molecule has 1 rings (SSSR count). The van der Waals surface area contributed by atoms with Crippen molar-refractivity contribution in [1.29, 1.82) is 0 Å². The molecule has 0 aromatic heterocycles. The van der Waals surface area contributed by atoms with E-state index in [4.69, 9.17) is 16.3 Å². The third kappa shape index (κ3) is 2.46. The molecule has 0 saturated carbocycles. The zero-order valence-electron chi connectivity index (χ0n) is 9.88. The fraction of sp³-hybridized carbons (Fsp3) is 0.667. The molecule has 1 aliphatic carbocycles. The van der Waals surface area contributed by atoms with Gasteiger partial charge < -0.3 is 4.74 Å². The second-order valence-electron chi connectivity index (χ2n) is 4.21. The Balaban J connectivity index is 3.00. The van der Waals surface area contributed by atoms with Gasteiger partial charge in [-0.05, 0) is 33.6 Å². The Morgan fingerprint density at radius 1 is 1.62 bits per heavy atom. The number of carbonyl (C=O) groups is 2. The molecule has 0 heterocycles. The second-order valence-corrected chi connectivity index (χ2v) is 4.88. The molecule has 0 N–H and O–H groups in total. The number of hydrogen-bond acceptors (Lipinski definition) is 3. The van der Waals surface area contributed by atoms with Crippen molar-refractivity contribution < 1.29 is 14.3 Å². The van der Waals surface area contributed by atoms with E-state index in [1.165, 1.54) is 6.92 Å². The lowest BCUT2D eigenvalue weighted by molar-refractivity contribution is -0.150. The Morgan fingerprint density at radius 3 is 2.75 bits per heavy atom.